The quantitative estimate of drug-likeness (QED) is 0.161. The Morgan fingerprint density at radius 3 is 1.12 bits per heavy atom. The molecule has 4 nitrogen and oxygen atoms in total. The van der Waals surface area contributed by atoms with Gasteiger partial charge in [-0.2, -0.15) is 0 Å². The van der Waals surface area contributed by atoms with E-state index in [4.69, 9.17) is 0 Å². The van der Waals surface area contributed by atoms with Gasteiger partial charge in [0.1, 0.15) is 0 Å². The fraction of sp³-hybridized carbons (Fsp3) is 0. The van der Waals surface area contributed by atoms with Crippen LogP contribution in [0.1, 0.15) is 0 Å². The van der Waals surface area contributed by atoms with E-state index in [1.807, 2.05) is 0 Å². The van der Waals surface area contributed by atoms with E-state index in [9.17, 15) is 0 Å². The summed E-state index contributed by atoms with van der Waals surface area (Å²) in [7, 11) is 0. The van der Waals surface area contributed by atoms with Crippen LogP contribution < -0.4 is 26.2 Å². The summed E-state index contributed by atoms with van der Waals surface area (Å²) >= 11 is 0. The largest absolute Gasteiger partial charge is 0.310 e. The molecule has 3 aliphatic heterocycles. The summed E-state index contributed by atoms with van der Waals surface area (Å²) in [5.41, 5.74) is 18.4. The van der Waals surface area contributed by atoms with Gasteiger partial charge >= 0.3 is 0 Å². The van der Waals surface area contributed by atoms with Crippen molar-refractivity contribution in [2.75, 3.05) is 9.80 Å². The summed E-state index contributed by atoms with van der Waals surface area (Å²) < 4.78 is 5.31. The number of hydrogen-bond acceptors (Lipinski definition) is 2. The summed E-state index contributed by atoms with van der Waals surface area (Å²) in [5, 5.41) is 15.5. The van der Waals surface area contributed by atoms with Crippen LogP contribution in [0.25, 0.3) is 98.1 Å². The maximum absolute atomic E-state index is 2.65. The van der Waals surface area contributed by atoms with Crippen molar-refractivity contribution in [2.24, 2.45) is 0 Å². The van der Waals surface area contributed by atoms with Crippen LogP contribution in [0, 0.1) is 0 Å². The van der Waals surface area contributed by atoms with Crippen LogP contribution in [0.3, 0.4) is 0 Å². The van der Waals surface area contributed by atoms with E-state index >= 15 is 0 Å². The number of nitrogens with zero attached hydrogens (tertiary/aromatic N) is 4. The Balaban J connectivity index is 1.10. The number of fused-ring (bicyclic) bond motifs is 20. The minimum atomic E-state index is -0.0380. The molecular formula is C64H37BN4. The molecule has 5 heteroatoms. The molecule has 0 radical (unpaired) electrons. The minimum absolute atomic E-state index is 0.0380. The average Bonchev–Trinajstić information content (AvgIpc) is 3.96. The number of aromatic nitrogens is 2. The van der Waals surface area contributed by atoms with Crippen molar-refractivity contribution in [3.63, 3.8) is 0 Å². The van der Waals surface area contributed by atoms with Crippen molar-refractivity contribution in [1.29, 1.82) is 0 Å². The van der Waals surface area contributed by atoms with Crippen molar-refractivity contribution in [3.05, 3.63) is 224 Å². The SMILES string of the molecule is c1ccc(N2c3ccccc3N(c3cc4c5c(c3)-n3c6ccc7ccccc7c6c6c7ccccc7cc(c63)B5c3cc5ccccc5c5c6c7ccccc7ccc6n-4c35)c3ccccc32)cc1. The first-order valence-corrected chi connectivity index (χ1v) is 24.1. The van der Waals surface area contributed by atoms with Gasteiger partial charge in [0, 0.05) is 38.6 Å². The highest BCUT2D eigenvalue weighted by molar-refractivity contribution is 7.00. The van der Waals surface area contributed by atoms with E-state index in [1.54, 1.807) is 0 Å². The molecule has 5 heterocycles. The molecule has 0 bridgehead atoms. The molecule has 0 aliphatic carbocycles. The van der Waals surface area contributed by atoms with Gasteiger partial charge in [0.2, 0.25) is 0 Å². The van der Waals surface area contributed by atoms with Crippen LogP contribution >= 0.6 is 0 Å². The smallest absolute Gasteiger partial charge is 0.252 e. The highest BCUT2D eigenvalue weighted by Crippen LogP contribution is 2.55. The molecule has 69 heavy (non-hydrogen) atoms. The van der Waals surface area contributed by atoms with Crippen LogP contribution in [0.2, 0.25) is 0 Å². The Morgan fingerprint density at radius 2 is 0.652 bits per heavy atom. The first kappa shape index (κ1) is 36.1. The lowest BCUT2D eigenvalue weighted by Crippen LogP contribution is -2.59. The van der Waals surface area contributed by atoms with Crippen LogP contribution in [0.5, 0.6) is 0 Å². The zero-order valence-corrected chi connectivity index (χ0v) is 37.2. The molecule has 0 saturated heterocycles. The normalized spacial score (nSPS) is 13.4. The zero-order chi connectivity index (χ0) is 44.6. The van der Waals surface area contributed by atoms with Crippen molar-refractivity contribution >= 4 is 144 Å². The first-order chi connectivity index (χ1) is 34.3. The van der Waals surface area contributed by atoms with Gasteiger partial charge in [-0.05, 0) is 120 Å². The van der Waals surface area contributed by atoms with Crippen LogP contribution in [0.15, 0.2) is 224 Å². The third-order valence-electron chi connectivity index (χ3n) is 15.9. The maximum atomic E-state index is 2.65. The van der Waals surface area contributed by atoms with Crippen LogP contribution in [-0.4, -0.2) is 15.8 Å². The van der Waals surface area contributed by atoms with Crippen molar-refractivity contribution in [3.8, 4) is 11.4 Å². The molecule has 0 amide bonds. The summed E-state index contributed by atoms with van der Waals surface area (Å²) in [5.74, 6) is 0. The lowest BCUT2D eigenvalue weighted by Gasteiger charge is -2.41. The van der Waals surface area contributed by atoms with Gasteiger partial charge in [-0.1, -0.05) is 164 Å². The van der Waals surface area contributed by atoms with E-state index in [2.05, 4.69) is 243 Å². The van der Waals surface area contributed by atoms with Crippen LogP contribution in [0.4, 0.5) is 34.1 Å². The molecule has 12 aromatic carbocycles. The summed E-state index contributed by atoms with van der Waals surface area (Å²) in [6.07, 6.45) is 0. The second-order valence-corrected chi connectivity index (χ2v) is 19.2. The Morgan fingerprint density at radius 1 is 0.275 bits per heavy atom. The molecule has 0 spiro atoms. The Hall–Kier alpha value is -9.06. The maximum Gasteiger partial charge on any atom is 0.252 e. The predicted molar refractivity (Wildman–Crippen MR) is 293 cm³/mol. The summed E-state index contributed by atoms with van der Waals surface area (Å²) in [6.45, 7) is -0.0380. The lowest BCUT2D eigenvalue weighted by atomic mass is 9.34. The van der Waals surface area contributed by atoms with Crippen LogP contribution in [-0.2, 0) is 0 Å². The Bertz CT molecular complexity index is 4370. The fourth-order valence-electron chi connectivity index (χ4n) is 13.3. The molecule has 316 valence electrons. The second-order valence-electron chi connectivity index (χ2n) is 19.2. The Kier molecular flexibility index (Phi) is 6.74. The van der Waals surface area contributed by atoms with Crippen molar-refractivity contribution in [1.82, 2.24) is 9.13 Å². The second kappa shape index (κ2) is 12.9. The molecular weight excluding hydrogens is 836 g/mol. The van der Waals surface area contributed by atoms with Gasteiger partial charge in [-0.15, -0.1) is 0 Å². The molecule has 0 saturated carbocycles. The van der Waals surface area contributed by atoms with Gasteiger partial charge in [0.05, 0.1) is 50.5 Å². The molecule has 0 unspecified atom stereocenters. The van der Waals surface area contributed by atoms with Crippen molar-refractivity contribution < 1.29 is 0 Å². The lowest BCUT2D eigenvalue weighted by molar-refractivity contribution is 1.12. The number of hydrogen-bond donors (Lipinski definition) is 0. The van der Waals surface area contributed by atoms with E-state index in [-0.39, 0.29) is 6.71 Å². The molecule has 14 aromatic rings. The van der Waals surface area contributed by atoms with Gasteiger partial charge in [0.15, 0.2) is 0 Å². The topological polar surface area (TPSA) is 16.3 Å². The summed E-state index contributed by atoms with van der Waals surface area (Å²) in [4.78, 5) is 4.95. The number of rotatable bonds is 2. The minimum Gasteiger partial charge on any atom is -0.310 e. The molecule has 2 aromatic heterocycles. The molecule has 17 rings (SSSR count). The fourth-order valence-corrected chi connectivity index (χ4v) is 13.3. The van der Waals surface area contributed by atoms with E-state index in [1.165, 1.54) is 114 Å². The van der Waals surface area contributed by atoms with Gasteiger partial charge < -0.3 is 18.9 Å². The molecule has 0 N–H and O–H groups in total. The number of para-hydroxylation sites is 5. The highest BCUT2D eigenvalue weighted by Gasteiger charge is 2.43. The molecule has 3 aliphatic rings. The first-order valence-electron chi connectivity index (χ1n) is 24.1. The summed E-state index contributed by atoms with van der Waals surface area (Å²) in [6, 6.07) is 84.3. The van der Waals surface area contributed by atoms with Gasteiger partial charge in [0.25, 0.3) is 6.71 Å². The van der Waals surface area contributed by atoms with Gasteiger partial charge in [-0.25, -0.2) is 0 Å². The molecule has 0 fully saturated rings. The van der Waals surface area contributed by atoms with E-state index < -0.39 is 0 Å². The monoisotopic (exact) mass is 872 g/mol. The predicted octanol–water partition coefficient (Wildman–Crippen LogP) is 14.9. The van der Waals surface area contributed by atoms with E-state index in [0.717, 1.165) is 34.1 Å². The third kappa shape index (κ3) is 4.46. The Labute approximate surface area is 396 Å². The highest BCUT2D eigenvalue weighted by atomic mass is 15.3. The zero-order valence-electron chi connectivity index (χ0n) is 37.2. The third-order valence-corrected chi connectivity index (χ3v) is 15.9. The molecule has 0 atom stereocenters. The standard InChI is InChI=1S/C64H37BN4/c1-2-20-42(21-3-1)66-50-26-12-14-28-52(50)67(53-29-15-13-27-51(53)66)43-36-56-62-57(37-43)69-55-33-31-39-17-5-9-23-45(39)59(55)61-47-25-11-7-19-41(47)35-49(64(61)69)65(62)48-34-40-18-6-10-24-46(40)60-58-44-22-8-4-16-38(44)30-32-54(58)68(56)63(48)60/h1-37H. The average molecular weight is 873 g/mol. The van der Waals surface area contributed by atoms with E-state index in [0.29, 0.717) is 0 Å². The number of anilines is 6. The van der Waals surface area contributed by atoms with Crippen molar-refractivity contribution in [2.45, 2.75) is 0 Å². The number of benzene rings is 12. The van der Waals surface area contributed by atoms with Gasteiger partial charge in [-0.3, -0.25) is 0 Å².